The molecule has 5 heteroatoms. The van der Waals surface area contributed by atoms with E-state index in [-0.39, 0.29) is 0 Å². The Bertz CT molecular complexity index is 466. The number of hydrogen-bond acceptors (Lipinski definition) is 4. The van der Waals surface area contributed by atoms with Gasteiger partial charge in [-0.25, -0.2) is 9.78 Å². The van der Waals surface area contributed by atoms with Gasteiger partial charge in [0.15, 0.2) is 0 Å². The van der Waals surface area contributed by atoms with Crippen LogP contribution in [0.5, 0.6) is 0 Å². The third-order valence-electron chi connectivity index (χ3n) is 2.67. The van der Waals surface area contributed by atoms with Crippen molar-refractivity contribution in [3.8, 4) is 6.07 Å². The fourth-order valence-corrected chi connectivity index (χ4v) is 1.57. The number of anilines is 1. The number of aliphatic carboxylic acids is 1. The third-order valence-corrected chi connectivity index (χ3v) is 2.67. The number of aromatic nitrogens is 1. The molecule has 1 aromatic rings. The molecule has 0 saturated heterocycles. The first-order valence-corrected chi connectivity index (χ1v) is 5.95. The van der Waals surface area contributed by atoms with E-state index in [0.29, 0.717) is 17.9 Å². The maximum Gasteiger partial charge on any atom is 0.326 e. The van der Waals surface area contributed by atoms with Gasteiger partial charge < -0.3 is 10.4 Å². The molecule has 96 valence electrons. The number of carbonyl (C=O) groups is 1. The predicted octanol–water partition coefficient (Wildman–Crippen LogP) is 2.32. The molecule has 0 aliphatic carbocycles. The third kappa shape index (κ3) is 3.74. The van der Waals surface area contributed by atoms with E-state index < -0.39 is 12.0 Å². The van der Waals surface area contributed by atoms with Gasteiger partial charge in [-0.2, -0.15) is 5.26 Å². The highest BCUT2D eigenvalue weighted by atomic mass is 16.4. The van der Waals surface area contributed by atoms with Gasteiger partial charge in [0.05, 0.1) is 0 Å². The topological polar surface area (TPSA) is 86.0 Å². The number of nitrogens with one attached hydrogen (secondary N) is 1. The van der Waals surface area contributed by atoms with Crippen LogP contribution in [0.1, 0.15) is 37.4 Å². The zero-order chi connectivity index (χ0) is 13.5. The zero-order valence-electron chi connectivity index (χ0n) is 10.6. The first kappa shape index (κ1) is 14.0. The Morgan fingerprint density at radius 3 is 2.89 bits per heavy atom. The summed E-state index contributed by atoms with van der Waals surface area (Å²) >= 11 is 0. The number of nitriles is 1. The van der Waals surface area contributed by atoms with Crippen molar-refractivity contribution in [2.75, 3.05) is 5.32 Å². The maximum absolute atomic E-state index is 11.1. The summed E-state index contributed by atoms with van der Waals surface area (Å²) in [4.78, 5) is 15.2. The van der Waals surface area contributed by atoms with E-state index in [9.17, 15) is 4.79 Å². The van der Waals surface area contributed by atoms with E-state index in [1.807, 2.05) is 13.0 Å². The monoisotopic (exact) mass is 247 g/mol. The lowest BCUT2D eigenvalue weighted by atomic mass is 10.1. The van der Waals surface area contributed by atoms with Crippen molar-refractivity contribution in [3.63, 3.8) is 0 Å². The van der Waals surface area contributed by atoms with Crippen molar-refractivity contribution in [1.82, 2.24) is 4.98 Å². The first-order valence-electron chi connectivity index (χ1n) is 5.95. The standard InChI is InChI=1S/C13H17N3O2/c1-3-4-5-10(13(17)18)15-12-7-6-9(2)11(8-14)16-12/h6-7,10H,3-5H2,1-2H3,(H,15,16)(H,17,18). The smallest absolute Gasteiger partial charge is 0.326 e. The Kier molecular flexibility index (Phi) is 5.12. The number of nitrogens with zero attached hydrogens (tertiary/aromatic N) is 2. The van der Waals surface area contributed by atoms with E-state index in [1.54, 1.807) is 19.1 Å². The lowest BCUT2D eigenvalue weighted by Crippen LogP contribution is -2.29. The average molecular weight is 247 g/mol. The van der Waals surface area contributed by atoms with E-state index >= 15 is 0 Å². The van der Waals surface area contributed by atoms with Crippen molar-refractivity contribution < 1.29 is 9.90 Å². The predicted molar refractivity (Wildman–Crippen MR) is 68.3 cm³/mol. The van der Waals surface area contributed by atoms with Gasteiger partial charge in [0.2, 0.25) is 0 Å². The average Bonchev–Trinajstić information content (AvgIpc) is 2.36. The highest BCUT2D eigenvalue weighted by Gasteiger charge is 2.17. The number of carboxylic acid groups (broad SMARTS) is 1. The van der Waals surface area contributed by atoms with Gasteiger partial charge in [0, 0.05) is 0 Å². The molecule has 1 rings (SSSR count). The Labute approximate surface area is 106 Å². The molecule has 0 aliphatic rings. The Morgan fingerprint density at radius 1 is 1.61 bits per heavy atom. The molecule has 18 heavy (non-hydrogen) atoms. The summed E-state index contributed by atoms with van der Waals surface area (Å²) in [5.74, 6) is -0.468. The van der Waals surface area contributed by atoms with E-state index in [4.69, 9.17) is 10.4 Å². The minimum atomic E-state index is -0.899. The molecule has 1 unspecified atom stereocenters. The Balaban J connectivity index is 2.81. The molecule has 0 bridgehead atoms. The molecule has 1 aromatic heterocycles. The minimum Gasteiger partial charge on any atom is -0.480 e. The molecule has 0 amide bonds. The molecule has 2 N–H and O–H groups in total. The van der Waals surface area contributed by atoms with Gasteiger partial charge in [-0.15, -0.1) is 0 Å². The summed E-state index contributed by atoms with van der Waals surface area (Å²) in [5.41, 5.74) is 1.10. The van der Waals surface area contributed by atoms with Crippen LogP contribution in [0.15, 0.2) is 12.1 Å². The second-order valence-corrected chi connectivity index (χ2v) is 4.15. The van der Waals surface area contributed by atoms with Gasteiger partial charge in [0.1, 0.15) is 23.6 Å². The fraction of sp³-hybridized carbons (Fsp3) is 0.462. The molecule has 0 radical (unpaired) electrons. The number of unbranched alkanes of at least 4 members (excludes halogenated alkanes) is 1. The summed E-state index contributed by atoms with van der Waals surface area (Å²) in [6, 6.07) is 4.77. The van der Waals surface area contributed by atoms with Crippen LogP contribution in [0.4, 0.5) is 5.82 Å². The highest BCUT2D eigenvalue weighted by molar-refractivity contribution is 5.76. The van der Waals surface area contributed by atoms with Gasteiger partial charge in [-0.05, 0) is 25.0 Å². The van der Waals surface area contributed by atoms with Gasteiger partial charge >= 0.3 is 5.97 Å². The number of aryl methyl sites for hydroxylation is 1. The number of pyridine rings is 1. The van der Waals surface area contributed by atoms with Gasteiger partial charge in [-0.3, -0.25) is 0 Å². The Hall–Kier alpha value is -2.09. The molecular formula is C13H17N3O2. The molecule has 0 aliphatic heterocycles. The largest absolute Gasteiger partial charge is 0.480 e. The van der Waals surface area contributed by atoms with Crippen LogP contribution in [0, 0.1) is 18.3 Å². The lowest BCUT2D eigenvalue weighted by molar-refractivity contribution is -0.138. The molecule has 0 aromatic carbocycles. The maximum atomic E-state index is 11.1. The summed E-state index contributed by atoms with van der Waals surface area (Å²) in [6.07, 6.45) is 2.32. The fourth-order valence-electron chi connectivity index (χ4n) is 1.57. The summed E-state index contributed by atoms with van der Waals surface area (Å²) < 4.78 is 0. The molecule has 5 nitrogen and oxygen atoms in total. The molecule has 1 atom stereocenters. The lowest BCUT2D eigenvalue weighted by Gasteiger charge is -2.14. The summed E-state index contributed by atoms with van der Waals surface area (Å²) in [6.45, 7) is 3.80. The van der Waals surface area contributed by atoms with Crippen LogP contribution in [0.2, 0.25) is 0 Å². The summed E-state index contributed by atoms with van der Waals surface area (Å²) in [7, 11) is 0. The minimum absolute atomic E-state index is 0.319. The second kappa shape index (κ2) is 6.60. The van der Waals surface area contributed by atoms with Crippen LogP contribution < -0.4 is 5.32 Å². The van der Waals surface area contributed by atoms with Crippen molar-refractivity contribution in [2.24, 2.45) is 0 Å². The van der Waals surface area contributed by atoms with Crippen molar-refractivity contribution in [1.29, 1.82) is 5.26 Å². The van der Waals surface area contributed by atoms with E-state index in [0.717, 1.165) is 18.4 Å². The second-order valence-electron chi connectivity index (χ2n) is 4.15. The first-order chi connectivity index (χ1) is 8.58. The van der Waals surface area contributed by atoms with Crippen molar-refractivity contribution >= 4 is 11.8 Å². The quantitative estimate of drug-likeness (QED) is 0.805. The zero-order valence-corrected chi connectivity index (χ0v) is 10.6. The van der Waals surface area contributed by atoms with Crippen molar-refractivity contribution in [3.05, 3.63) is 23.4 Å². The molecule has 0 spiro atoms. The van der Waals surface area contributed by atoms with Crippen LogP contribution in [0.25, 0.3) is 0 Å². The van der Waals surface area contributed by atoms with Crippen LogP contribution >= 0.6 is 0 Å². The van der Waals surface area contributed by atoms with E-state index in [1.165, 1.54) is 0 Å². The molecule has 0 saturated carbocycles. The highest BCUT2D eigenvalue weighted by Crippen LogP contribution is 2.13. The Morgan fingerprint density at radius 2 is 2.33 bits per heavy atom. The van der Waals surface area contributed by atoms with Crippen molar-refractivity contribution in [2.45, 2.75) is 39.2 Å². The van der Waals surface area contributed by atoms with Crippen LogP contribution in [-0.2, 0) is 4.79 Å². The summed E-state index contributed by atoms with van der Waals surface area (Å²) in [5, 5.41) is 20.8. The molecule has 1 heterocycles. The van der Waals surface area contributed by atoms with E-state index in [2.05, 4.69) is 10.3 Å². The van der Waals surface area contributed by atoms with Gasteiger partial charge in [-0.1, -0.05) is 25.8 Å². The molecular weight excluding hydrogens is 230 g/mol. The SMILES string of the molecule is CCCCC(Nc1ccc(C)c(C#N)n1)C(=O)O. The van der Waals surface area contributed by atoms with Crippen LogP contribution in [0.3, 0.4) is 0 Å². The van der Waals surface area contributed by atoms with Gasteiger partial charge in [0.25, 0.3) is 0 Å². The number of rotatable bonds is 6. The van der Waals surface area contributed by atoms with Crippen LogP contribution in [-0.4, -0.2) is 22.1 Å². The molecule has 0 fully saturated rings. The number of carboxylic acids is 1. The normalized spacial score (nSPS) is 11.6. The number of hydrogen-bond donors (Lipinski definition) is 2.